The molecule has 3 rings (SSSR count). The molecule has 0 fully saturated rings. The number of amides is 3. The molecule has 0 aliphatic rings. The summed E-state index contributed by atoms with van der Waals surface area (Å²) >= 11 is 0. The van der Waals surface area contributed by atoms with Gasteiger partial charge in [-0.15, -0.1) is 0 Å². The van der Waals surface area contributed by atoms with Gasteiger partial charge in [-0.1, -0.05) is 57.2 Å². The number of urea groups is 1. The summed E-state index contributed by atoms with van der Waals surface area (Å²) in [7, 11) is 0. The number of aromatic nitrogens is 2. The topological polar surface area (TPSA) is 79.3 Å². The molecule has 0 atom stereocenters. The highest BCUT2D eigenvalue weighted by atomic mass is 16.2. The predicted molar refractivity (Wildman–Crippen MR) is 133 cm³/mol. The Morgan fingerprint density at radius 2 is 1.64 bits per heavy atom. The summed E-state index contributed by atoms with van der Waals surface area (Å²) in [5.41, 5.74) is 3.30. The van der Waals surface area contributed by atoms with E-state index in [0.717, 1.165) is 16.9 Å². The number of carbonyl (C=O) groups is 2. The largest absolute Gasteiger partial charge is 0.322 e. The van der Waals surface area contributed by atoms with Crippen molar-refractivity contribution < 1.29 is 9.59 Å². The number of nitrogens with one attached hydrogen (secondary N) is 2. The molecule has 33 heavy (non-hydrogen) atoms. The summed E-state index contributed by atoms with van der Waals surface area (Å²) in [4.78, 5) is 27.4. The van der Waals surface area contributed by atoms with Crippen molar-refractivity contribution >= 4 is 23.4 Å². The second kappa shape index (κ2) is 9.90. The maximum absolute atomic E-state index is 13.0. The molecule has 7 nitrogen and oxygen atoms in total. The van der Waals surface area contributed by atoms with Crippen LogP contribution >= 0.6 is 0 Å². The molecule has 1 aromatic heterocycles. The Morgan fingerprint density at radius 1 is 1.00 bits per heavy atom. The summed E-state index contributed by atoms with van der Waals surface area (Å²) in [6.07, 6.45) is 0. The monoisotopic (exact) mass is 447 g/mol. The molecule has 174 valence electrons. The predicted octanol–water partition coefficient (Wildman–Crippen LogP) is 5.36. The third kappa shape index (κ3) is 6.00. The van der Waals surface area contributed by atoms with E-state index in [-0.39, 0.29) is 29.9 Å². The molecule has 0 saturated heterocycles. The molecule has 0 saturated carbocycles. The molecule has 0 radical (unpaired) electrons. The summed E-state index contributed by atoms with van der Waals surface area (Å²) in [6, 6.07) is 18.5. The van der Waals surface area contributed by atoms with E-state index in [1.807, 2.05) is 81.4 Å². The van der Waals surface area contributed by atoms with Crippen LogP contribution in [0.5, 0.6) is 0 Å². The quantitative estimate of drug-likeness (QED) is 0.534. The molecule has 7 heteroatoms. The van der Waals surface area contributed by atoms with E-state index in [2.05, 4.69) is 31.4 Å². The smallest absolute Gasteiger partial charge is 0.313 e. The maximum atomic E-state index is 13.0. The summed E-state index contributed by atoms with van der Waals surface area (Å²) in [5, 5.41) is 10.6. The van der Waals surface area contributed by atoms with Gasteiger partial charge in [0.2, 0.25) is 5.91 Å². The van der Waals surface area contributed by atoms with Gasteiger partial charge in [0.15, 0.2) is 0 Å². The standard InChI is InChI=1S/C26H33N5O2/c1-18(2)30(25(33)27-20-13-8-7-9-14-20)17-24(32)28-23-16-22(26(4,5)6)29-31(23)21-15-11-10-12-19(21)3/h7-16,18H,17H2,1-6H3,(H,27,33)(H,28,32). The van der Waals surface area contributed by atoms with Gasteiger partial charge in [-0.05, 0) is 44.5 Å². The van der Waals surface area contributed by atoms with E-state index in [4.69, 9.17) is 5.10 Å². The van der Waals surface area contributed by atoms with Gasteiger partial charge in [-0.2, -0.15) is 5.10 Å². The molecule has 0 spiro atoms. The fourth-order valence-corrected chi connectivity index (χ4v) is 3.36. The summed E-state index contributed by atoms with van der Waals surface area (Å²) in [6.45, 7) is 11.9. The van der Waals surface area contributed by atoms with Crippen LogP contribution in [0.15, 0.2) is 60.7 Å². The highest BCUT2D eigenvalue weighted by Crippen LogP contribution is 2.27. The molecule has 1 heterocycles. The van der Waals surface area contributed by atoms with Crippen LogP contribution in [-0.2, 0) is 10.2 Å². The second-order valence-electron chi connectivity index (χ2n) is 9.43. The second-order valence-corrected chi connectivity index (χ2v) is 9.43. The summed E-state index contributed by atoms with van der Waals surface area (Å²) in [5.74, 6) is 0.286. The van der Waals surface area contributed by atoms with E-state index in [1.165, 1.54) is 4.90 Å². The number of benzene rings is 2. The first-order valence-corrected chi connectivity index (χ1v) is 11.2. The minimum absolute atomic E-state index is 0.0832. The van der Waals surface area contributed by atoms with Gasteiger partial charge in [0.05, 0.1) is 11.4 Å². The van der Waals surface area contributed by atoms with Crippen LogP contribution in [0.1, 0.15) is 45.9 Å². The fourth-order valence-electron chi connectivity index (χ4n) is 3.36. The maximum Gasteiger partial charge on any atom is 0.322 e. The van der Waals surface area contributed by atoms with Crippen LogP contribution in [0.3, 0.4) is 0 Å². The van der Waals surface area contributed by atoms with E-state index in [0.29, 0.717) is 11.5 Å². The van der Waals surface area contributed by atoms with E-state index < -0.39 is 0 Å². The molecule has 0 aliphatic carbocycles. The molecule has 3 amide bonds. The van der Waals surface area contributed by atoms with Gasteiger partial charge < -0.3 is 15.5 Å². The number of aryl methyl sites for hydroxylation is 1. The van der Waals surface area contributed by atoms with Crippen molar-refractivity contribution in [3.63, 3.8) is 0 Å². The minimum atomic E-state index is -0.325. The van der Waals surface area contributed by atoms with Gasteiger partial charge in [-0.25, -0.2) is 9.48 Å². The molecular formula is C26H33N5O2. The van der Waals surface area contributed by atoms with Gasteiger partial charge in [0.25, 0.3) is 0 Å². The molecular weight excluding hydrogens is 414 g/mol. The number of para-hydroxylation sites is 2. The molecule has 0 bridgehead atoms. The zero-order chi connectivity index (χ0) is 24.2. The van der Waals surface area contributed by atoms with Crippen molar-refractivity contribution in [2.24, 2.45) is 0 Å². The number of anilines is 2. The van der Waals surface area contributed by atoms with Crippen LogP contribution in [0.25, 0.3) is 5.69 Å². The van der Waals surface area contributed by atoms with Crippen molar-refractivity contribution in [3.8, 4) is 5.69 Å². The first-order chi connectivity index (χ1) is 15.6. The Labute approximate surface area is 195 Å². The van der Waals surface area contributed by atoms with E-state index in [9.17, 15) is 9.59 Å². The highest BCUT2D eigenvalue weighted by molar-refractivity contribution is 5.97. The van der Waals surface area contributed by atoms with Gasteiger partial charge >= 0.3 is 6.03 Å². The van der Waals surface area contributed by atoms with Crippen molar-refractivity contribution in [1.82, 2.24) is 14.7 Å². The zero-order valence-electron chi connectivity index (χ0n) is 20.2. The van der Waals surface area contributed by atoms with Gasteiger partial charge in [0.1, 0.15) is 12.4 Å². The molecule has 2 N–H and O–H groups in total. The third-order valence-electron chi connectivity index (χ3n) is 5.31. The fraction of sp³-hybridized carbons (Fsp3) is 0.346. The molecule has 0 aliphatic heterocycles. The lowest BCUT2D eigenvalue weighted by Crippen LogP contribution is -2.44. The lowest BCUT2D eigenvalue weighted by atomic mass is 9.92. The first-order valence-electron chi connectivity index (χ1n) is 11.2. The van der Waals surface area contributed by atoms with E-state index in [1.54, 1.807) is 4.68 Å². The Hall–Kier alpha value is -3.61. The SMILES string of the molecule is Cc1ccccc1-n1nc(C(C)(C)C)cc1NC(=O)CN(C(=O)Nc1ccccc1)C(C)C. The number of hydrogen-bond donors (Lipinski definition) is 2. The normalized spacial score (nSPS) is 11.4. The van der Waals surface area contributed by atoms with Crippen LogP contribution in [0.4, 0.5) is 16.3 Å². The zero-order valence-corrected chi connectivity index (χ0v) is 20.2. The Balaban J connectivity index is 1.83. The Morgan fingerprint density at radius 3 is 2.24 bits per heavy atom. The average Bonchev–Trinajstić information content (AvgIpc) is 3.16. The van der Waals surface area contributed by atoms with Crippen LogP contribution < -0.4 is 10.6 Å². The van der Waals surface area contributed by atoms with Crippen LogP contribution in [0.2, 0.25) is 0 Å². The Bertz CT molecular complexity index is 1110. The Kier molecular flexibility index (Phi) is 7.21. The van der Waals surface area contributed by atoms with Crippen molar-refractivity contribution in [1.29, 1.82) is 0 Å². The first kappa shape index (κ1) is 24.0. The number of rotatable bonds is 6. The van der Waals surface area contributed by atoms with Gasteiger partial charge in [0, 0.05) is 23.2 Å². The molecule has 3 aromatic rings. The van der Waals surface area contributed by atoms with Crippen molar-refractivity contribution in [2.75, 3.05) is 17.2 Å². The average molecular weight is 448 g/mol. The van der Waals surface area contributed by atoms with Gasteiger partial charge in [-0.3, -0.25) is 4.79 Å². The number of nitrogens with zero attached hydrogens (tertiary/aromatic N) is 3. The lowest BCUT2D eigenvalue weighted by molar-refractivity contribution is -0.117. The number of hydrogen-bond acceptors (Lipinski definition) is 3. The lowest BCUT2D eigenvalue weighted by Gasteiger charge is -2.26. The molecule has 0 unspecified atom stereocenters. The number of carbonyl (C=O) groups excluding carboxylic acids is 2. The van der Waals surface area contributed by atoms with Crippen LogP contribution in [-0.4, -0.2) is 39.2 Å². The third-order valence-corrected chi connectivity index (χ3v) is 5.31. The van der Waals surface area contributed by atoms with Crippen molar-refractivity contribution in [2.45, 2.75) is 53.0 Å². The van der Waals surface area contributed by atoms with Crippen LogP contribution in [0, 0.1) is 6.92 Å². The molecule has 2 aromatic carbocycles. The minimum Gasteiger partial charge on any atom is -0.313 e. The highest BCUT2D eigenvalue weighted by Gasteiger charge is 2.24. The van der Waals surface area contributed by atoms with Crippen molar-refractivity contribution in [3.05, 3.63) is 71.9 Å². The van der Waals surface area contributed by atoms with E-state index >= 15 is 0 Å². The summed E-state index contributed by atoms with van der Waals surface area (Å²) < 4.78 is 1.76.